The van der Waals surface area contributed by atoms with Gasteiger partial charge in [-0.2, -0.15) is 0 Å². The van der Waals surface area contributed by atoms with Crippen molar-refractivity contribution in [1.29, 1.82) is 0 Å². The van der Waals surface area contributed by atoms with Gasteiger partial charge in [-0.25, -0.2) is 4.79 Å². The van der Waals surface area contributed by atoms with Gasteiger partial charge in [0.05, 0.1) is 25.0 Å². The molecule has 1 N–H and O–H groups in total. The van der Waals surface area contributed by atoms with Gasteiger partial charge in [-0.05, 0) is 57.4 Å². The highest BCUT2D eigenvalue weighted by atomic mass is 16.5. The number of carbonyl (C=O) groups is 4. The van der Waals surface area contributed by atoms with Crippen LogP contribution in [-0.4, -0.2) is 113 Å². The van der Waals surface area contributed by atoms with E-state index in [-0.39, 0.29) is 11.9 Å². The number of carbonyl (C=O) groups excluding carboxylic acids is 4. The largest absolute Gasteiger partial charge is 0.469 e. The van der Waals surface area contributed by atoms with Crippen LogP contribution in [-0.2, 0) is 28.7 Å². The molecule has 1 aliphatic heterocycles. The number of hydrogen-bond donors (Lipinski definition) is 1. The molecular formula is C25H42N4O6. The summed E-state index contributed by atoms with van der Waals surface area (Å²) in [4.78, 5) is 54.1. The average Bonchev–Trinajstić information content (AvgIpc) is 2.83. The first-order valence-corrected chi connectivity index (χ1v) is 12.6. The van der Waals surface area contributed by atoms with Gasteiger partial charge in [-0.3, -0.25) is 19.3 Å². The molecule has 0 radical (unpaired) electrons. The molecule has 0 aromatic rings. The SMILES string of the molecule is CN(C)C=O.COC(=O)C(CN1CCN(C)CC1)NC(=O)C12CC3CC(C1)CC(C(=O)OC)(C3)C2. The lowest BCUT2D eigenvalue weighted by atomic mass is 9.44. The Bertz CT molecular complexity index is 781. The molecule has 1 saturated heterocycles. The first-order valence-electron chi connectivity index (χ1n) is 12.6. The molecule has 3 atom stereocenters. The van der Waals surface area contributed by atoms with Crippen molar-refractivity contribution in [3.05, 3.63) is 0 Å². The van der Waals surface area contributed by atoms with E-state index in [9.17, 15) is 19.2 Å². The quantitative estimate of drug-likeness (QED) is 0.399. The van der Waals surface area contributed by atoms with Gasteiger partial charge in [0.2, 0.25) is 12.3 Å². The fourth-order valence-corrected chi connectivity index (χ4v) is 6.90. The van der Waals surface area contributed by atoms with Crippen LogP contribution in [0.2, 0.25) is 0 Å². The summed E-state index contributed by atoms with van der Waals surface area (Å²) in [5.74, 6) is 0.0930. The predicted octanol–water partition coefficient (Wildman–Crippen LogP) is 0.356. The molecule has 198 valence electrons. The number of likely N-dealkylation sites (N-methyl/N-ethyl adjacent to an activating group) is 1. The third-order valence-corrected chi connectivity index (χ3v) is 8.20. The fourth-order valence-electron chi connectivity index (χ4n) is 6.90. The first-order chi connectivity index (χ1) is 16.6. The van der Waals surface area contributed by atoms with Crippen LogP contribution in [0.15, 0.2) is 0 Å². The molecule has 4 saturated carbocycles. The summed E-state index contributed by atoms with van der Waals surface area (Å²) >= 11 is 0. The first kappa shape index (κ1) is 27.4. The van der Waals surface area contributed by atoms with Crippen LogP contribution in [0.1, 0.15) is 38.5 Å². The summed E-state index contributed by atoms with van der Waals surface area (Å²) in [6.07, 6.45) is 5.64. The maximum atomic E-state index is 13.6. The minimum atomic E-state index is -0.687. The van der Waals surface area contributed by atoms with E-state index >= 15 is 0 Å². The Labute approximate surface area is 208 Å². The lowest BCUT2D eigenvalue weighted by Gasteiger charge is -2.59. The number of piperazine rings is 1. The minimum absolute atomic E-state index is 0.0885. The molecule has 0 aromatic carbocycles. The highest BCUT2D eigenvalue weighted by Crippen LogP contribution is 2.65. The zero-order chi connectivity index (χ0) is 25.8. The molecule has 10 heteroatoms. The van der Waals surface area contributed by atoms with Gasteiger partial charge in [-0.1, -0.05) is 0 Å². The summed E-state index contributed by atoms with van der Waals surface area (Å²) in [5.41, 5.74) is -1.11. The number of rotatable bonds is 7. The number of amides is 2. The van der Waals surface area contributed by atoms with Crippen LogP contribution in [0.25, 0.3) is 0 Å². The van der Waals surface area contributed by atoms with Crippen molar-refractivity contribution in [2.75, 3.05) is 68.1 Å². The molecule has 4 bridgehead atoms. The number of esters is 2. The molecule has 3 unspecified atom stereocenters. The van der Waals surface area contributed by atoms with Gasteiger partial charge in [0.1, 0.15) is 6.04 Å². The van der Waals surface area contributed by atoms with Gasteiger partial charge in [0, 0.05) is 46.8 Å². The second kappa shape index (κ2) is 11.2. The van der Waals surface area contributed by atoms with Crippen molar-refractivity contribution < 1.29 is 28.7 Å². The van der Waals surface area contributed by atoms with Crippen molar-refractivity contribution >= 4 is 24.3 Å². The third kappa shape index (κ3) is 6.14. The Hall–Kier alpha value is -2.20. The molecule has 35 heavy (non-hydrogen) atoms. The van der Waals surface area contributed by atoms with Crippen LogP contribution >= 0.6 is 0 Å². The number of methoxy groups -OCH3 is 2. The zero-order valence-electron chi connectivity index (χ0n) is 21.9. The molecule has 5 aliphatic rings. The van der Waals surface area contributed by atoms with E-state index in [0.717, 1.165) is 64.7 Å². The van der Waals surface area contributed by atoms with Crippen molar-refractivity contribution in [3.63, 3.8) is 0 Å². The van der Waals surface area contributed by atoms with E-state index in [0.29, 0.717) is 24.8 Å². The van der Waals surface area contributed by atoms with Crippen LogP contribution in [0.3, 0.4) is 0 Å². The van der Waals surface area contributed by atoms with E-state index < -0.39 is 22.8 Å². The predicted molar refractivity (Wildman–Crippen MR) is 129 cm³/mol. The Morgan fingerprint density at radius 3 is 2.03 bits per heavy atom. The van der Waals surface area contributed by atoms with Crippen LogP contribution in [0.4, 0.5) is 0 Å². The topological polar surface area (TPSA) is 108 Å². The summed E-state index contributed by atoms with van der Waals surface area (Å²) < 4.78 is 10.2. The van der Waals surface area contributed by atoms with Gasteiger partial charge in [0.15, 0.2) is 0 Å². The normalized spacial score (nSPS) is 32.6. The summed E-state index contributed by atoms with van der Waals surface area (Å²) in [6, 6.07) is -0.687. The van der Waals surface area contributed by atoms with E-state index in [1.54, 1.807) is 14.1 Å². The smallest absolute Gasteiger partial charge is 0.329 e. The van der Waals surface area contributed by atoms with Gasteiger partial charge in [-0.15, -0.1) is 0 Å². The lowest BCUT2D eigenvalue weighted by molar-refractivity contribution is -0.182. The van der Waals surface area contributed by atoms with Crippen LogP contribution < -0.4 is 5.32 Å². The molecule has 4 aliphatic carbocycles. The Morgan fingerprint density at radius 1 is 1.00 bits per heavy atom. The second-order valence-electron chi connectivity index (χ2n) is 11.2. The van der Waals surface area contributed by atoms with Crippen molar-refractivity contribution in [2.45, 2.75) is 44.6 Å². The molecule has 0 spiro atoms. The highest BCUT2D eigenvalue weighted by molar-refractivity contribution is 5.90. The lowest BCUT2D eigenvalue weighted by Crippen LogP contribution is -2.62. The molecular weight excluding hydrogens is 452 g/mol. The maximum absolute atomic E-state index is 13.6. The van der Waals surface area contributed by atoms with Crippen molar-refractivity contribution in [3.8, 4) is 0 Å². The van der Waals surface area contributed by atoms with Crippen molar-refractivity contribution in [1.82, 2.24) is 20.0 Å². The average molecular weight is 495 g/mol. The zero-order valence-corrected chi connectivity index (χ0v) is 21.9. The Kier molecular flexibility index (Phi) is 8.80. The maximum Gasteiger partial charge on any atom is 0.329 e. The van der Waals surface area contributed by atoms with E-state index in [4.69, 9.17) is 9.47 Å². The highest BCUT2D eigenvalue weighted by Gasteiger charge is 2.63. The van der Waals surface area contributed by atoms with Gasteiger partial charge < -0.3 is 24.6 Å². The number of nitrogens with zero attached hydrogens (tertiary/aromatic N) is 3. The molecule has 2 amide bonds. The minimum Gasteiger partial charge on any atom is -0.469 e. The molecule has 5 rings (SSSR count). The summed E-state index contributed by atoms with van der Waals surface area (Å²) in [6.45, 7) is 4.06. The molecule has 10 nitrogen and oxygen atoms in total. The van der Waals surface area contributed by atoms with Crippen LogP contribution in [0.5, 0.6) is 0 Å². The molecule has 5 fully saturated rings. The number of ether oxygens (including phenoxy) is 2. The fraction of sp³-hybridized carbons (Fsp3) is 0.840. The Morgan fingerprint density at radius 2 is 1.54 bits per heavy atom. The standard InChI is InChI=1S/C22H35N3O5.C3H7NO/c1-24-4-6-25(7-5-24)13-17(18(26)29-2)23-19(27)21-9-15-8-16(10-21)12-22(11-15,14-21)20(28)30-3;1-4(2)3-5/h15-17H,4-14H2,1-3H3,(H,23,27);3H,1-2H3. The molecule has 0 aromatic heterocycles. The Balaban J connectivity index is 0.000000623. The molecule has 1 heterocycles. The van der Waals surface area contributed by atoms with Gasteiger partial charge in [0.25, 0.3) is 0 Å². The monoisotopic (exact) mass is 494 g/mol. The van der Waals surface area contributed by atoms with Gasteiger partial charge >= 0.3 is 11.9 Å². The van der Waals surface area contributed by atoms with E-state index in [2.05, 4.69) is 22.2 Å². The second-order valence-corrected chi connectivity index (χ2v) is 11.2. The van der Waals surface area contributed by atoms with E-state index in [1.807, 2.05) is 0 Å². The van der Waals surface area contributed by atoms with Crippen molar-refractivity contribution in [2.24, 2.45) is 22.7 Å². The number of hydrogen-bond acceptors (Lipinski definition) is 8. The number of nitrogens with one attached hydrogen (secondary N) is 1. The summed E-state index contributed by atoms with van der Waals surface area (Å²) in [5, 5.41) is 3.04. The third-order valence-electron chi connectivity index (χ3n) is 8.20. The summed E-state index contributed by atoms with van der Waals surface area (Å²) in [7, 11) is 8.26. The van der Waals surface area contributed by atoms with Crippen LogP contribution in [0, 0.1) is 22.7 Å². The van der Waals surface area contributed by atoms with E-state index in [1.165, 1.54) is 19.1 Å².